The van der Waals surface area contributed by atoms with Gasteiger partial charge in [0.2, 0.25) is 0 Å². The van der Waals surface area contributed by atoms with Crippen molar-refractivity contribution in [1.29, 1.82) is 0 Å². The Morgan fingerprint density at radius 3 is 2.44 bits per heavy atom. The van der Waals surface area contributed by atoms with E-state index in [0.29, 0.717) is 5.69 Å². The fourth-order valence-corrected chi connectivity index (χ4v) is 2.70. The standard InChI is InChI=1S/C19H22FN3O2/c20-18-4-2-1-3-17(18)19(24)22-16-7-5-15(6-8-16)21-9-10-23-11-13-25-14-12-23/h1-8,21H,9-14H2,(H,22,24). The van der Waals surface area contributed by atoms with E-state index in [9.17, 15) is 9.18 Å². The number of carbonyl (C=O) groups is 1. The number of carbonyl (C=O) groups excluding carboxylic acids is 1. The summed E-state index contributed by atoms with van der Waals surface area (Å²) >= 11 is 0. The van der Waals surface area contributed by atoms with Crippen molar-refractivity contribution < 1.29 is 13.9 Å². The van der Waals surface area contributed by atoms with Gasteiger partial charge in [0.1, 0.15) is 5.82 Å². The van der Waals surface area contributed by atoms with Crippen LogP contribution in [0.15, 0.2) is 48.5 Å². The summed E-state index contributed by atoms with van der Waals surface area (Å²) in [6, 6.07) is 13.3. The van der Waals surface area contributed by atoms with Crippen LogP contribution in [0.1, 0.15) is 10.4 Å². The first kappa shape index (κ1) is 17.4. The number of amides is 1. The van der Waals surface area contributed by atoms with Crippen LogP contribution >= 0.6 is 0 Å². The topological polar surface area (TPSA) is 53.6 Å². The van der Waals surface area contributed by atoms with Crippen LogP contribution < -0.4 is 10.6 Å². The molecule has 2 aromatic rings. The average molecular weight is 343 g/mol. The van der Waals surface area contributed by atoms with Crippen LogP contribution in [0.2, 0.25) is 0 Å². The first-order valence-corrected chi connectivity index (χ1v) is 8.42. The summed E-state index contributed by atoms with van der Waals surface area (Å²) in [5.41, 5.74) is 1.65. The van der Waals surface area contributed by atoms with E-state index in [1.54, 1.807) is 24.3 Å². The maximum absolute atomic E-state index is 13.6. The van der Waals surface area contributed by atoms with Crippen molar-refractivity contribution in [2.24, 2.45) is 0 Å². The van der Waals surface area contributed by atoms with Crippen LogP contribution in [0, 0.1) is 5.82 Å². The van der Waals surface area contributed by atoms with E-state index in [2.05, 4.69) is 15.5 Å². The quantitative estimate of drug-likeness (QED) is 0.847. The zero-order chi connectivity index (χ0) is 17.5. The van der Waals surface area contributed by atoms with Crippen LogP contribution in [-0.4, -0.2) is 50.2 Å². The van der Waals surface area contributed by atoms with Crippen molar-refractivity contribution in [2.75, 3.05) is 50.0 Å². The van der Waals surface area contributed by atoms with Crippen LogP contribution in [0.4, 0.5) is 15.8 Å². The lowest BCUT2D eigenvalue weighted by Gasteiger charge is -2.26. The molecule has 2 aromatic carbocycles. The maximum atomic E-state index is 13.6. The lowest BCUT2D eigenvalue weighted by molar-refractivity contribution is 0.0398. The van der Waals surface area contributed by atoms with Crippen molar-refractivity contribution in [3.63, 3.8) is 0 Å². The molecule has 0 unspecified atom stereocenters. The SMILES string of the molecule is O=C(Nc1ccc(NCCN2CCOCC2)cc1)c1ccccc1F. The van der Waals surface area contributed by atoms with Gasteiger partial charge in [-0.05, 0) is 36.4 Å². The number of anilines is 2. The van der Waals surface area contributed by atoms with Gasteiger partial charge in [-0.3, -0.25) is 9.69 Å². The molecule has 1 aliphatic rings. The Morgan fingerprint density at radius 2 is 1.72 bits per heavy atom. The minimum atomic E-state index is -0.526. The molecule has 1 saturated heterocycles. The summed E-state index contributed by atoms with van der Waals surface area (Å²) in [7, 11) is 0. The maximum Gasteiger partial charge on any atom is 0.258 e. The lowest BCUT2D eigenvalue weighted by atomic mass is 10.2. The Hall–Kier alpha value is -2.44. The molecule has 132 valence electrons. The van der Waals surface area contributed by atoms with E-state index < -0.39 is 11.7 Å². The third kappa shape index (κ3) is 5.01. The van der Waals surface area contributed by atoms with Gasteiger partial charge in [-0.2, -0.15) is 0 Å². The molecule has 0 spiro atoms. The molecule has 0 aliphatic carbocycles. The molecule has 0 radical (unpaired) electrons. The fourth-order valence-electron chi connectivity index (χ4n) is 2.70. The number of nitrogens with zero attached hydrogens (tertiary/aromatic N) is 1. The highest BCUT2D eigenvalue weighted by molar-refractivity contribution is 6.04. The van der Waals surface area contributed by atoms with Crippen molar-refractivity contribution in [1.82, 2.24) is 4.90 Å². The minimum absolute atomic E-state index is 0.0372. The number of halogens is 1. The molecule has 25 heavy (non-hydrogen) atoms. The normalized spacial score (nSPS) is 14.9. The first-order valence-electron chi connectivity index (χ1n) is 8.42. The summed E-state index contributed by atoms with van der Waals surface area (Å²) in [5, 5.41) is 6.06. The number of hydrogen-bond donors (Lipinski definition) is 2. The summed E-state index contributed by atoms with van der Waals surface area (Å²) in [4.78, 5) is 14.4. The second-order valence-corrected chi connectivity index (χ2v) is 5.89. The summed E-state index contributed by atoms with van der Waals surface area (Å²) in [6.07, 6.45) is 0. The number of rotatable bonds is 6. The largest absolute Gasteiger partial charge is 0.384 e. The van der Waals surface area contributed by atoms with E-state index in [1.165, 1.54) is 12.1 Å². The van der Waals surface area contributed by atoms with Crippen molar-refractivity contribution >= 4 is 17.3 Å². The Kier molecular flexibility index (Phi) is 5.98. The second-order valence-electron chi connectivity index (χ2n) is 5.89. The Labute approximate surface area is 146 Å². The molecule has 1 fully saturated rings. The average Bonchev–Trinajstić information content (AvgIpc) is 2.64. The fraction of sp³-hybridized carbons (Fsp3) is 0.316. The van der Waals surface area contributed by atoms with Gasteiger partial charge in [0.15, 0.2) is 0 Å². The van der Waals surface area contributed by atoms with Crippen LogP contribution in [-0.2, 0) is 4.74 Å². The van der Waals surface area contributed by atoms with E-state index in [-0.39, 0.29) is 5.56 Å². The van der Waals surface area contributed by atoms with Crippen molar-refractivity contribution in [3.8, 4) is 0 Å². The van der Waals surface area contributed by atoms with Gasteiger partial charge in [-0.1, -0.05) is 12.1 Å². The highest BCUT2D eigenvalue weighted by Crippen LogP contribution is 2.15. The van der Waals surface area contributed by atoms with Crippen LogP contribution in [0.25, 0.3) is 0 Å². The van der Waals surface area contributed by atoms with E-state index in [1.807, 2.05) is 12.1 Å². The predicted molar refractivity (Wildman–Crippen MR) is 96.5 cm³/mol. The summed E-state index contributed by atoms with van der Waals surface area (Å²) in [5.74, 6) is -0.979. The molecule has 2 N–H and O–H groups in total. The van der Waals surface area contributed by atoms with Crippen molar-refractivity contribution in [3.05, 3.63) is 59.9 Å². The molecule has 6 heteroatoms. The first-order chi connectivity index (χ1) is 12.2. The number of benzene rings is 2. The highest BCUT2D eigenvalue weighted by Gasteiger charge is 2.11. The summed E-state index contributed by atoms with van der Waals surface area (Å²) in [6.45, 7) is 5.37. The number of nitrogens with one attached hydrogen (secondary N) is 2. The minimum Gasteiger partial charge on any atom is -0.384 e. The van der Waals surface area contributed by atoms with E-state index >= 15 is 0 Å². The molecule has 0 saturated carbocycles. The summed E-state index contributed by atoms with van der Waals surface area (Å²) < 4.78 is 18.9. The predicted octanol–water partition coefficient (Wildman–Crippen LogP) is 2.82. The number of morpholine rings is 1. The third-order valence-electron chi connectivity index (χ3n) is 4.12. The monoisotopic (exact) mass is 343 g/mol. The second kappa shape index (κ2) is 8.60. The molecule has 0 atom stereocenters. The zero-order valence-corrected chi connectivity index (χ0v) is 14.0. The van der Waals surface area contributed by atoms with Gasteiger partial charge in [0.05, 0.1) is 18.8 Å². The number of ether oxygens (including phenoxy) is 1. The molecule has 0 aromatic heterocycles. The zero-order valence-electron chi connectivity index (χ0n) is 14.0. The Balaban J connectivity index is 1.48. The molecule has 1 aliphatic heterocycles. The van der Waals surface area contributed by atoms with Crippen molar-refractivity contribution in [2.45, 2.75) is 0 Å². The molecule has 1 amide bonds. The van der Waals surface area contributed by atoms with Gasteiger partial charge in [0, 0.05) is 37.6 Å². The number of hydrogen-bond acceptors (Lipinski definition) is 4. The highest BCUT2D eigenvalue weighted by atomic mass is 19.1. The third-order valence-corrected chi connectivity index (χ3v) is 4.12. The molecule has 3 rings (SSSR count). The lowest BCUT2D eigenvalue weighted by Crippen LogP contribution is -2.38. The van der Waals surface area contributed by atoms with Gasteiger partial charge in [0.25, 0.3) is 5.91 Å². The Morgan fingerprint density at radius 1 is 1.04 bits per heavy atom. The smallest absolute Gasteiger partial charge is 0.258 e. The van der Waals surface area contributed by atoms with Gasteiger partial charge in [-0.25, -0.2) is 4.39 Å². The molecule has 0 bridgehead atoms. The van der Waals surface area contributed by atoms with E-state index in [0.717, 1.165) is 45.1 Å². The van der Waals surface area contributed by atoms with Crippen LogP contribution in [0.5, 0.6) is 0 Å². The van der Waals surface area contributed by atoms with E-state index in [4.69, 9.17) is 4.74 Å². The van der Waals surface area contributed by atoms with Crippen LogP contribution in [0.3, 0.4) is 0 Å². The molecular weight excluding hydrogens is 321 g/mol. The molecule has 5 nitrogen and oxygen atoms in total. The molecule has 1 heterocycles. The molecular formula is C19H22FN3O2. The van der Waals surface area contributed by atoms with Gasteiger partial charge in [-0.15, -0.1) is 0 Å². The van der Waals surface area contributed by atoms with Gasteiger partial charge >= 0.3 is 0 Å². The van der Waals surface area contributed by atoms with Gasteiger partial charge < -0.3 is 15.4 Å². The Bertz CT molecular complexity index is 700.